The Kier molecular flexibility index (Phi) is 7.15. The van der Waals surface area contributed by atoms with E-state index in [-0.39, 0.29) is 6.04 Å². The molecule has 0 aliphatic carbocycles. The van der Waals surface area contributed by atoms with E-state index in [0.717, 1.165) is 38.3 Å². The van der Waals surface area contributed by atoms with Gasteiger partial charge in [-0.25, -0.2) is 0 Å². The van der Waals surface area contributed by atoms with Gasteiger partial charge in [0.15, 0.2) is 0 Å². The zero-order valence-electron chi connectivity index (χ0n) is 14.6. The highest BCUT2D eigenvalue weighted by Crippen LogP contribution is 2.31. The molecule has 0 amide bonds. The fourth-order valence-corrected chi connectivity index (χ4v) is 3.57. The minimum Gasteiger partial charge on any atom is -0.492 e. The Bertz CT molecular complexity index is 497. The zero-order chi connectivity index (χ0) is 16.8. The Balaban J connectivity index is 2.10. The van der Waals surface area contributed by atoms with E-state index in [2.05, 4.69) is 36.6 Å². The molecule has 1 fully saturated rings. The topological polar surface area (TPSA) is 41.7 Å². The monoisotopic (exact) mass is 339 g/mol. The van der Waals surface area contributed by atoms with E-state index in [1.165, 1.54) is 5.56 Å². The molecule has 2 rings (SSSR count). The van der Waals surface area contributed by atoms with E-state index in [9.17, 15) is 0 Å². The molecule has 0 radical (unpaired) electrons. The number of hydrogen-bond donors (Lipinski definition) is 1. The summed E-state index contributed by atoms with van der Waals surface area (Å²) in [4.78, 5) is 4.99. The highest BCUT2D eigenvalue weighted by atomic mass is 35.5. The van der Waals surface area contributed by atoms with Crippen LogP contribution in [0.15, 0.2) is 18.2 Å². The summed E-state index contributed by atoms with van der Waals surface area (Å²) in [6.45, 7) is 12.2. The lowest BCUT2D eigenvalue weighted by Gasteiger charge is -2.43. The number of rotatable bonds is 7. The van der Waals surface area contributed by atoms with Gasteiger partial charge in [-0.15, -0.1) is 0 Å². The smallest absolute Gasteiger partial charge is 0.137 e. The van der Waals surface area contributed by atoms with Crippen molar-refractivity contribution < 1.29 is 4.74 Å². The van der Waals surface area contributed by atoms with Crippen LogP contribution in [0.3, 0.4) is 0 Å². The normalized spacial score (nSPS) is 21.3. The first-order valence-corrected chi connectivity index (χ1v) is 9.08. The molecular weight excluding hydrogens is 310 g/mol. The third-order valence-corrected chi connectivity index (χ3v) is 4.96. The maximum atomic E-state index is 6.39. The molecule has 2 atom stereocenters. The van der Waals surface area contributed by atoms with E-state index in [0.29, 0.717) is 24.2 Å². The third-order valence-electron chi connectivity index (χ3n) is 4.67. The molecule has 1 saturated heterocycles. The van der Waals surface area contributed by atoms with E-state index in [4.69, 9.17) is 22.1 Å². The molecule has 1 aromatic rings. The van der Waals surface area contributed by atoms with Crippen LogP contribution in [-0.4, -0.2) is 55.2 Å². The molecule has 1 aromatic carbocycles. The molecule has 0 spiro atoms. The second-order valence-corrected chi connectivity index (χ2v) is 6.67. The number of nitrogens with two attached hydrogens (primary N) is 1. The molecule has 1 aliphatic heterocycles. The van der Waals surface area contributed by atoms with Gasteiger partial charge in [-0.05, 0) is 37.6 Å². The summed E-state index contributed by atoms with van der Waals surface area (Å²) >= 11 is 6.39. The highest BCUT2D eigenvalue weighted by molar-refractivity contribution is 6.32. The SMILES string of the molecule is CCCOc1ccc(C(CN)N2CCN(CC)C(C)C2)cc1Cl. The summed E-state index contributed by atoms with van der Waals surface area (Å²) in [6, 6.07) is 6.87. The van der Waals surface area contributed by atoms with E-state index >= 15 is 0 Å². The quantitative estimate of drug-likeness (QED) is 0.828. The van der Waals surface area contributed by atoms with Crippen LogP contribution in [-0.2, 0) is 0 Å². The van der Waals surface area contributed by atoms with Gasteiger partial charge in [0.25, 0.3) is 0 Å². The molecule has 0 aromatic heterocycles. The van der Waals surface area contributed by atoms with Crippen molar-refractivity contribution in [2.75, 3.05) is 39.3 Å². The molecule has 0 bridgehead atoms. The van der Waals surface area contributed by atoms with Gasteiger partial charge in [-0.3, -0.25) is 9.80 Å². The fraction of sp³-hybridized carbons (Fsp3) is 0.667. The third kappa shape index (κ3) is 4.60. The molecule has 0 saturated carbocycles. The predicted octanol–water partition coefficient (Wildman–Crippen LogP) is 3.15. The number of piperazine rings is 1. The van der Waals surface area contributed by atoms with Crippen molar-refractivity contribution in [2.24, 2.45) is 5.73 Å². The number of benzene rings is 1. The summed E-state index contributed by atoms with van der Waals surface area (Å²) in [7, 11) is 0. The second kappa shape index (κ2) is 8.88. The maximum Gasteiger partial charge on any atom is 0.137 e. The van der Waals surface area contributed by atoms with Gasteiger partial charge in [0.05, 0.1) is 11.6 Å². The van der Waals surface area contributed by atoms with Crippen LogP contribution < -0.4 is 10.5 Å². The first-order chi connectivity index (χ1) is 11.1. The van der Waals surface area contributed by atoms with Gasteiger partial charge in [0.2, 0.25) is 0 Å². The summed E-state index contributed by atoms with van der Waals surface area (Å²) in [5.41, 5.74) is 7.27. The highest BCUT2D eigenvalue weighted by Gasteiger charge is 2.28. The van der Waals surface area contributed by atoms with Crippen molar-refractivity contribution in [2.45, 2.75) is 39.3 Å². The minimum atomic E-state index is 0.217. The summed E-state index contributed by atoms with van der Waals surface area (Å²) < 4.78 is 5.66. The van der Waals surface area contributed by atoms with Gasteiger partial charge in [-0.2, -0.15) is 0 Å². The lowest BCUT2D eigenvalue weighted by molar-refractivity contribution is 0.0606. The van der Waals surface area contributed by atoms with Crippen LogP contribution >= 0.6 is 11.6 Å². The Morgan fingerprint density at radius 2 is 2.13 bits per heavy atom. The number of hydrogen-bond acceptors (Lipinski definition) is 4. The van der Waals surface area contributed by atoms with Crippen LogP contribution in [0.4, 0.5) is 0 Å². The van der Waals surface area contributed by atoms with Crippen LogP contribution in [0.2, 0.25) is 5.02 Å². The standard InChI is InChI=1S/C18H30ClN3O/c1-4-10-23-18-7-6-15(11-16(18)19)17(12-20)22-9-8-21(5-2)14(3)13-22/h6-7,11,14,17H,4-5,8-10,12-13,20H2,1-3H3. The van der Waals surface area contributed by atoms with Crippen molar-refractivity contribution in [3.05, 3.63) is 28.8 Å². The first kappa shape index (κ1) is 18.5. The molecule has 2 unspecified atom stereocenters. The molecular formula is C18H30ClN3O. The average molecular weight is 340 g/mol. The lowest BCUT2D eigenvalue weighted by Crippen LogP contribution is -2.53. The predicted molar refractivity (Wildman–Crippen MR) is 97.3 cm³/mol. The van der Waals surface area contributed by atoms with Crippen molar-refractivity contribution in [3.63, 3.8) is 0 Å². The number of likely N-dealkylation sites (N-methyl/N-ethyl adjacent to an activating group) is 1. The van der Waals surface area contributed by atoms with Crippen molar-refractivity contribution >= 4 is 11.6 Å². The molecule has 2 N–H and O–H groups in total. The van der Waals surface area contributed by atoms with Crippen LogP contribution in [0, 0.1) is 0 Å². The molecule has 5 heteroatoms. The van der Waals surface area contributed by atoms with E-state index in [1.807, 2.05) is 12.1 Å². The average Bonchev–Trinajstić information content (AvgIpc) is 2.55. The summed E-state index contributed by atoms with van der Waals surface area (Å²) in [5, 5.41) is 0.676. The van der Waals surface area contributed by atoms with Crippen LogP contribution in [0.5, 0.6) is 5.75 Å². The van der Waals surface area contributed by atoms with Crippen LogP contribution in [0.25, 0.3) is 0 Å². The Morgan fingerprint density at radius 3 is 2.70 bits per heavy atom. The fourth-order valence-electron chi connectivity index (χ4n) is 3.33. The number of ether oxygens (including phenoxy) is 1. The van der Waals surface area contributed by atoms with Gasteiger partial charge < -0.3 is 10.5 Å². The molecule has 1 heterocycles. The summed E-state index contributed by atoms with van der Waals surface area (Å²) in [6.07, 6.45) is 0.975. The number of halogens is 1. The van der Waals surface area contributed by atoms with Crippen molar-refractivity contribution in [1.82, 2.24) is 9.80 Å². The largest absolute Gasteiger partial charge is 0.492 e. The minimum absolute atomic E-state index is 0.217. The molecule has 23 heavy (non-hydrogen) atoms. The van der Waals surface area contributed by atoms with Crippen molar-refractivity contribution in [3.8, 4) is 5.75 Å². The van der Waals surface area contributed by atoms with Crippen molar-refractivity contribution in [1.29, 1.82) is 0 Å². The van der Waals surface area contributed by atoms with Crippen LogP contribution in [0.1, 0.15) is 38.8 Å². The van der Waals surface area contributed by atoms with E-state index < -0.39 is 0 Å². The zero-order valence-corrected chi connectivity index (χ0v) is 15.4. The first-order valence-electron chi connectivity index (χ1n) is 8.71. The Hall–Kier alpha value is -0.810. The van der Waals surface area contributed by atoms with Gasteiger partial charge in [0.1, 0.15) is 5.75 Å². The molecule has 130 valence electrons. The van der Waals surface area contributed by atoms with Gasteiger partial charge in [-0.1, -0.05) is 31.5 Å². The van der Waals surface area contributed by atoms with E-state index in [1.54, 1.807) is 0 Å². The van der Waals surface area contributed by atoms with Gasteiger partial charge >= 0.3 is 0 Å². The lowest BCUT2D eigenvalue weighted by atomic mass is 10.0. The molecule has 1 aliphatic rings. The Labute approximate surface area is 145 Å². The maximum absolute atomic E-state index is 6.39. The second-order valence-electron chi connectivity index (χ2n) is 6.26. The van der Waals surface area contributed by atoms with Gasteiger partial charge in [0, 0.05) is 38.3 Å². The number of nitrogens with zero attached hydrogens (tertiary/aromatic N) is 2. The Morgan fingerprint density at radius 1 is 1.35 bits per heavy atom. The molecule has 4 nitrogen and oxygen atoms in total. The summed E-state index contributed by atoms with van der Waals surface area (Å²) in [5.74, 6) is 0.761.